The molecular formula is C11H22N2O. The van der Waals surface area contributed by atoms with E-state index in [4.69, 9.17) is 0 Å². The van der Waals surface area contributed by atoms with Gasteiger partial charge in [-0.2, -0.15) is 0 Å². The van der Waals surface area contributed by atoms with Crippen molar-refractivity contribution >= 4 is 5.91 Å². The van der Waals surface area contributed by atoms with Crippen LogP contribution in [0.1, 0.15) is 33.1 Å². The van der Waals surface area contributed by atoms with Gasteiger partial charge in [-0.1, -0.05) is 0 Å². The van der Waals surface area contributed by atoms with Crippen LogP contribution in [0.15, 0.2) is 0 Å². The third-order valence-electron chi connectivity index (χ3n) is 3.09. The summed E-state index contributed by atoms with van der Waals surface area (Å²) in [6, 6.07) is 0.323. The number of rotatable bonds is 3. The summed E-state index contributed by atoms with van der Waals surface area (Å²) in [5, 5.41) is 3.32. The van der Waals surface area contributed by atoms with Gasteiger partial charge in [0.05, 0.1) is 0 Å². The number of piperidine rings is 1. The molecule has 1 aliphatic heterocycles. The molecule has 3 heteroatoms. The van der Waals surface area contributed by atoms with E-state index in [0.29, 0.717) is 17.9 Å². The Morgan fingerprint density at radius 3 is 2.50 bits per heavy atom. The number of carbonyl (C=O) groups is 1. The molecule has 1 saturated heterocycles. The number of carbonyl (C=O) groups excluding carboxylic acids is 1. The predicted octanol–water partition coefficient (Wildman–Crippen LogP) is 1.24. The zero-order chi connectivity index (χ0) is 10.6. The van der Waals surface area contributed by atoms with Gasteiger partial charge in [0.1, 0.15) is 0 Å². The fraction of sp³-hybridized carbons (Fsp3) is 0.909. The zero-order valence-electron chi connectivity index (χ0n) is 9.55. The van der Waals surface area contributed by atoms with Crippen LogP contribution in [-0.4, -0.2) is 37.0 Å². The molecule has 0 saturated carbocycles. The average molecular weight is 198 g/mol. The Morgan fingerprint density at radius 2 is 2.00 bits per heavy atom. The molecule has 0 aromatic heterocycles. The van der Waals surface area contributed by atoms with E-state index in [2.05, 4.69) is 19.2 Å². The molecule has 0 aliphatic carbocycles. The first-order chi connectivity index (χ1) is 6.61. The molecule has 3 nitrogen and oxygen atoms in total. The molecule has 0 radical (unpaired) electrons. The number of nitrogens with zero attached hydrogens (tertiary/aromatic N) is 1. The first-order valence-electron chi connectivity index (χ1n) is 5.57. The third-order valence-corrected chi connectivity index (χ3v) is 3.09. The standard InChI is InChI=1S/C11H22N2O/c1-9(2)13(3)11(14)8-10-4-6-12-7-5-10/h9-10,12H,4-8H2,1-3H3. The topological polar surface area (TPSA) is 32.3 Å². The van der Waals surface area contributed by atoms with E-state index < -0.39 is 0 Å². The van der Waals surface area contributed by atoms with E-state index in [0.717, 1.165) is 32.4 Å². The fourth-order valence-electron chi connectivity index (χ4n) is 1.76. The highest BCUT2D eigenvalue weighted by molar-refractivity contribution is 5.76. The van der Waals surface area contributed by atoms with Crippen LogP contribution in [0.3, 0.4) is 0 Å². The maximum absolute atomic E-state index is 11.8. The van der Waals surface area contributed by atoms with Gasteiger partial charge in [0, 0.05) is 19.5 Å². The lowest BCUT2D eigenvalue weighted by atomic mass is 9.94. The van der Waals surface area contributed by atoms with Crippen molar-refractivity contribution in [3.05, 3.63) is 0 Å². The Hall–Kier alpha value is -0.570. The van der Waals surface area contributed by atoms with E-state index in [1.54, 1.807) is 0 Å². The second-order valence-corrected chi connectivity index (χ2v) is 4.50. The number of hydrogen-bond donors (Lipinski definition) is 1. The highest BCUT2D eigenvalue weighted by Gasteiger charge is 2.19. The SMILES string of the molecule is CC(C)N(C)C(=O)CC1CCNCC1. The first-order valence-corrected chi connectivity index (χ1v) is 5.57. The summed E-state index contributed by atoms with van der Waals surface area (Å²) in [5.41, 5.74) is 0. The molecule has 1 N–H and O–H groups in total. The van der Waals surface area contributed by atoms with Crippen LogP contribution < -0.4 is 5.32 Å². The summed E-state index contributed by atoms with van der Waals surface area (Å²) >= 11 is 0. The monoisotopic (exact) mass is 198 g/mol. The molecule has 1 heterocycles. The van der Waals surface area contributed by atoms with Gasteiger partial charge in [0.2, 0.25) is 5.91 Å². The van der Waals surface area contributed by atoms with Crippen molar-refractivity contribution in [1.82, 2.24) is 10.2 Å². The lowest BCUT2D eigenvalue weighted by Crippen LogP contribution is -2.36. The van der Waals surface area contributed by atoms with Crippen LogP contribution in [-0.2, 0) is 4.79 Å². The molecule has 0 aromatic carbocycles. The molecule has 0 unspecified atom stereocenters. The van der Waals surface area contributed by atoms with Crippen LogP contribution in [0.4, 0.5) is 0 Å². The molecule has 1 amide bonds. The van der Waals surface area contributed by atoms with Gasteiger partial charge in [-0.15, -0.1) is 0 Å². The normalized spacial score (nSPS) is 18.6. The predicted molar refractivity (Wildman–Crippen MR) is 58.1 cm³/mol. The van der Waals surface area contributed by atoms with E-state index in [1.807, 2.05) is 11.9 Å². The highest BCUT2D eigenvalue weighted by atomic mass is 16.2. The number of hydrogen-bond acceptors (Lipinski definition) is 2. The number of nitrogens with one attached hydrogen (secondary N) is 1. The third kappa shape index (κ3) is 3.29. The minimum absolute atomic E-state index is 0.298. The Bertz CT molecular complexity index is 186. The molecule has 0 spiro atoms. The highest BCUT2D eigenvalue weighted by Crippen LogP contribution is 2.17. The van der Waals surface area contributed by atoms with Gasteiger partial charge in [0.15, 0.2) is 0 Å². The summed E-state index contributed by atoms with van der Waals surface area (Å²) in [6.45, 7) is 6.26. The van der Waals surface area contributed by atoms with Crippen LogP contribution in [0.25, 0.3) is 0 Å². The molecule has 82 valence electrons. The fourth-order valence-corrected chi connectivity index (χ4v) is 1.76. The van der Waals surface area contributed by atoms with Crippen LogP contribution >= 0.6 is 0 Å². The molecule has 1 rings (SSSR count). The van der Waals surface area contributed by atoms with Gasteiger partial charge < -0.3 is 10.2 Å². The molecule has 1 aliphatic rings. The van der Waals surface area contributed by atoms with Crippen molar-refractivity contribution in [2.45, 2.75) is 39.2 Å². The van der Waals surface area contributed by atoms with Gasteiger partial charge in [-0.05, 0) is 45.7 Å². The van der Waals surface area contributed by atoms with Crippen LogP contribution in [0.5, 0.6) is 0 Å². The van der Waals surface area contributed by atoms with Crippen molar-refractivity contribution in [3.63, 3.8) is 0 Å². The molecule has 1 fully saturated rings. The summed E-state index contributed by atoms with van der Waals surface area (Å²) in [6.07, 6.45) is 3.03. The Labute approximate surface area is 86.9 Å². The van der Waals surface area contributed by atoms with Crippen molar-refractivity contribution in [2.75, 3.05) is 20.1 Å². The Balaban J connectivity index is 2.31. The second-order valence-electron chi connectivity index (χ2n) is 4.50. The van der Waals surface area contributed by atoms with Crippen LogP contribution in [0.2, 0.25) is 0 Å². The second kappa shape index (κ2) is 5.35. The smallest absolute Gasteiger partial charge is 0.222 e. The van der Waals surface area contributed by atoms with Crippen molar-refractivity contribution in [3.8, 4) is 0 Å². The van der Waals surface area contributed by atoms with E-state index in [9.17, 15) is 4.79 Å². The summed E-state index contributed by atoms with van der Waals surface area (Å²) in [5.74, 6) is 0.900. The van der Waals surface area contributed by atoms with Gasteiger partial charge in [0.25, 0.3) is 0 Å². The average Bonchev–Trinajstić information content (AvgIpc) is 2.18. The zero-order valence-corrected chi connectivity index (χ0v) is 9.55. The van der Waals surface area contributed by atoms with E-state index in [-0.39, 0.29) is 0 Å². The minimum Gasteiger partial charge on any atom is -0.343 e. The minimum atomic E-state index is 0.298. The largest absolute Gasteiger partial charge is 0.343 e. The molecule has 0 aromatic rings. The van der Waals surface area contributed by atoms with Gasteiger partial charge >= 0.3 is 0 Å². The quantitative estimate of drug-likeness (QED) is 0.740. The maximum Gasteiger partial charge on any atom is 0.222 e. The Morgan fingerprint density at radius 1 is 1.43 bits per heavy atom. The van der Waals surface area contributed by atoms with Crippen LogP contribution in [0, 0.1) is 5.92 Å². The number of amides is 1. The summed E-state index contributed by atoms with van der Waals surface area (Å²) < 4.78 is 0. The van der Waals surface area contributed by atoms with Crippen molar-refractivity contribution in [1.29, 1.82) is 0 Å². The van der Waals surface area contributed by atoms with Crippen molar-refractivity contribution < 1.29 is 4.79 Å². The van der Waals surface area contributed by atoms with Gasteiger partial charge in [-0.25, -0.2) is 0 Å². The summed E-state index contributed by atoms with van der Waals surface area (Å²) in [4.78, 5) is 13.6. The Kier molecular flexibility index (Phi) is 4.39. The van der Waals surface area contributed by atoms with Gasteiger partial charge in [-0.3, -0.25) is 4.79 Å². The summed E-state index contributed by atoms with van der Waals surface area (Å²) in [7, 11) is 1.90. The molecular weight excluding hydrogens is 176 g/mol. The van der Waals surface area contributed by atoms with E-state index in [1.165, 1.54) is 0 Å². The molecule has 0 atom stereocenters. The molecule has 14 heavy (non-hydrogen) atoms. The van der Waals surface area contributed by atoms with E-state index >= 15 is 0 Å². The first kappa shape index (κ1) is 11.5. The maximum atomic E-state index is 11.8. The lowest BCUT2D eigenvalue weighted by Gasteiger charge is -2.26. The van der Waals surface area contributed by atoms with Crippen molar-refractivity contribution in [2.24, 2.45) is 5.92 Å². The lowest BCUT2D eigenvalue weighted by molar-refractivity contribution is -0.132. The molecule has 0 bridgehead atoms.